The summed E-state index contributed by atoms with van der Waals surface area (Å²) in [5.74, 6) is -0.395. The van der Waals surface area contributed by atoms with Crippen molar-refractivity contribution in [3.63, 3.8) is 0 Å². The van der Waals surface area contributed by atoms with Gasteiger partial charge in [-0.15, -0.1) is 0 Å². The van der Waals surface area contributed by atoms with E-state index >= 15 is 0 Å². The van der Waals surface area contributed by atoms with Crippen molar-refractivity contribution in [2.45, 2.75) is 25.8 Å². The number of likely N-dealkylation sites (tertiary alicyclic amines) is 1. The lowest BCUT2D eigenvalue weighted by Gasteiger charge is -2.31. The van der Waals surface area contributed by atoms with Crippen LogP contribution in [-0.2, 0) is 6.54 Å². The Bertz CT molecular complexity index is 308. The first-order valence-corrected chi connectivity index (χ1v) is 5.65. The maximum Gasteiger partial charge on any atom is 0.241 e. The van der Waals surface area contributed by atoms with Crippen LogP contribution in [0.5, 0.6) is 0 Å². The van der Waals surface area contributed by atoms with E-state index in [1.54, 1.807) is 12.4 Å². The van der Waals surface area contributed by atoms with Gasteiger partial charge in [-0.2, -0.15) is 0 Å². The lowest BCUT2D eigenvalue weighted by atomic mass is 9.97. The summed E-state index contributed by atoms with van der Waals surface area (Å²) in [4.78, 5) is 6.19. The lowest BCUT2D eigenvalue weighted by molar-refractivity contribution is 0.0336. The van der Waals surface area contributed by atoms with Gasteiger partial charge >= 0.3 is 0 Å². The summed E-state index contributed by atoms with van der Waals surface area (Å²) in [5.41, 5.74) is 1.20. The Morgan fingerprint density at radius 1 is 1.25 bits per heavy atom. The minimum absolute atomic E-state index is 0.395. The predicted octanol–water partition coefficient (Wildman–Crippen LogP) is 2.56. The monoisotopic (exact) mass is 226 g/mol. The molecule has 0 aliphatic carbocycles. The van der Waals surface area contributed by atoms with E-state index in [1.807, 2.05) is 12.1 Å². The maximum absolute atomic E-state index is 12.4. The van der Waals surface area contributed by atoms with E-state index in [1.165, 1.54) is 5.56 Å². The minimum Gasteiger partial charge on any atom is -0.299 e. The molecule has 16 heavy (non-hydrogen) atoms. The summed E-state index contributed by atoms with van der Waals surface area (Å²) >= 11 is 0. The molecular formula is C12H16F2N2. The van der Waals surface area contributed by atoms with Crippen LogP contribution in [0.1, 0.15) is 18.4 Å². The highest BCUT2D eigenvalue weighted by molar-refractivity contribution is 5.09. The molecule has 0 radical (unpaired) electrons. The molecule has 4 heteroatoms. The summed E-state index contributed by atoms with van der Waals surface area (Å²) in [7, 11) is 0. The van der Waals surface area contributed by atoms with Crippen LogP contribution in [0.25, 0.3) is 0 Å². The van der Waals surface area contributed by atoms with Crippen molar-refractivity contribution in [2.75, 3.05) is 13.1 Å². The topological polar surface area (TPSA) is 16.1 Å². The Hall–Kier alpha value is -1.03. The van der Waals surface area contributed by atoms with Crippen LogP contribution in [-0.4, -0.2) is 29.4 Å². The molecule has 1 fully saturated rings. The van der Waals surface area contributed by atoms with Crippen LogP contribution in [0.4, 0.5) is 8.78 Å². The first-order valence-electron chi connectivity index (χ1n) is 5.65. The molecule has 1 aliphatic heterocycles. The van der Waals surface area contributed by atoms with E-state index in [2.05, 4.69) is 9.88 Å². The molecular weight excluding hydrogens is 210 g/mol. The highest BCUT2D eigenvalue weighted by Crippen LogP contribution is 2.24. The normalized spacial score (nSPS) is 19.2. The molecule has 1 saturated heterocycles. The molecule has 0 spiro atoms. The van der Waals surface area contributed by atoms with Crippen LogP contribution < -0.4 is 0 Å². The zero-order chi connectivity index (χ0) is 11.4. The molecule has 0 amide bonds. The lowest BCUT2D eigenvalue weighted by Crippen LogP contribution is -2.35. The fourth-order valence-corrected chi connectivity index (χ4v) is 2.11. The van der Waals surface area contributed by atoms with E-state index in [0.29, 0.717) is 12.8 Å². The van der Waals surface area contributed by atoms with E-state index in [4.69, 9.17) is 0 Å². The standard InChI is InChI=1S/C12H16F2N2/c13-12(14)11-3-7-16(8-4-11)9-10-1-5-15-6-2-10/h1-2,5-6,11-12H,3-4,7-9H2. The molecule has 2 heterocycles. The Kier molecular flexibility index (Phi) is 3.83. The number of hydrogen-bond donors (Lipinski definition) is 0. The molecule has 2 nitrogen and oxygen atoms in total. The first-order chi connectivity index (χ1) is 7.75. The fraction of sp³-hybridized carbons (Fsp3) is 0.583. The summed E-state index contributed by atoms with van der Waals surface area (Å²) in [5, 5.41) is 0. The number of rotatable bonds is 3. The summed E-state index contributed by atoms with van der Waals surface area (Å²) in [6.45, 7) is 2.40. The Morgan fingerprint density at radius 3 is 2.44 bits per heavy atom. The molecule has 0 atom stereocenters. The number of hydrogen-bond acceptors (Lipinski definition) is 2. The third-order valence-corrected chi connectivity index (χ3v) is 3.14. The molecule has 0 unspecified atom stereocenters. The second-order valence-electron chi connectivity index (χ2n) is 4.30. The van der Waals surface area contributed by atoms with Crippen LogP contribution >= 0.6 is 0 Å². The number of nitrogens with zero attached hydrogens (tertiary/aromatic N) is 2. The molecule has 0 bridgehead atoms. The van der Waals surface area contributed by atoms with Gasteiger partial charge in [-0.1, -0.05) is 0 Å². The Balaban J connectivity index is 1.82. The van der Waals surface area contributed by atoms with Crippen molar-refractivity contribution in [3.05, 3.63) is 30.1 Å². The van der Waals surface area contributed by atoms with E-state index in [9.17, 15) is 8.78 Å². The largest absolute Gasteiger partial charge is 0.299 e. The number of aromatic nitrogens is 1. The highest BCUT2D eigenvalue weighted by Gasteiger charge is 2.25. The zero-order valence-electron chi connectivity index (χ0n) is 9.15. The van der Waals surface area contributed by atoms with Crippen molar-refractivity contribution in [1.29, 1.82) is 0 Å². The van der Waals surface area contributed by atoms with Crippen molar-refractivity contribution in [3.8, 4) is 0 Å². The molecule has 0 aromatic carbocycles. The van der Waals surface area contributed by atoms with Gasteiger partial charge in [-0.05, 0) is 43.6 Å². The molecule has 1 aromatic rings. The van der Waals surface area contributed by atoms with Gasteiger partial charge in [-0.3, -0.25) is 9.88 Å². The average Bonchev–Trinajstić information content (AvgIpc) is 2.31. The molecule has 1 aliphatic rings. The number of piperidine rings is 1. The number of pyridine rings is 1. The van der Waals surface area contributed by atoms with Gasteiger partial charge in [-0.25, -0.2) is 8.78 Å². The fourth-order valence-electron chi connectivity index (χ4n) is 2.11. The molecule has 0 saturated carbocycles. The summed E-state index contributed by atoms with van der Waals surface area (Å²) in [6.07, 6.45) is 2.61. The Morgan fingerprint density at radius 2 is 1.88 bits per heavy atom. The van der Waals surface area contributed by atoms with Gasteiger partial charge in [0, 0.05) is 24.9 Å². The van der Waals surface area contributed by atoms with Gasteiger partial charge in [0.2, 0.25) is 6.43 Å². The highest BCUT2D eigenvalue weighted by atomic mass is 19.3. The van der Waals surface area contributed by atoms with Crippen LogP contribution in [0.2, 0.25) is 0 Å². The van der Waals surface area contributed by atoms with E-state index < -0.39 is 12.3 Å². The SMILES string of the molecule is FC(F)C1CCN(Cc2ccncc2)CC1. The van der Waals surface area contributed by atoms with Gasteiger partial charge < -0.3 is 0 Å². The quantitative estimate of drug-likeness (QED) is 0.787. The predicted molar refractivity (Wildman–Crippen MR) is 58.2 cm³/mol. The number of alkyl halides is 2. The van der Waals surface area contributed by atoms with Gasteiger partial charge in [0.05, 0.1) is 0 Å². The molecule has 2 rings (SSSR count). The second kappa shape index (κ2) is 5.34. The zero-order valence-corrected chi connectivity index (χ0v) is 9.15. The minimum atomic E-state index is -2.15. The van der Waals surface area contributed by atoms with E-state index in [0.717, 1.165) is 19.6 Å². The smallest absolute Gasteiger partial charge is 0.241 e. The second-order valence-corrected chi connectivity index (χ2v) is 4.30. The molecule has 0 N–H and O–H groups in total. The van der Waals surface area contributed by atoms with Gasteiger partial charge in [0.25, 0.3) is 0 Å². The van der Waals surface area contributed by atoms with Crippen molar-refractivity contribution >= 4 is 0 Å². The Labute approximate surface area is 94.3 Å². The van der Waals surface area contributed by atoms with Gasteiger partial charge in [0.1, 0.15) is 0 Å². The third-order valence-electron chi connectivity index (χ3n) is 3.14. The molecule has 88 valence electrons. The van der Waals surface area contributed by atoms with Crippen molar-refractivity contribution in [2.24, 2.45) is 5.92 Å². The van der Waals surface area contributed by atoms with Gasteiger partial charge in [0.15, 0.2) is 0 Å². The first kappa shape index (κ1) is 11.5. The van der Waals surface area contributed by atoms with Crippen molar-refractivity contribution < 1.29 is 8.78 Å². The third kappa shape index (κ3) is 2.98. The van der Waals surface area contributed by atoms with Crippen LogP contribution in [0.3, 0.4) is 0 Å². The van der Waals surface area contributed by atoms with Crippen LogP contribution in [0, 0.1) is 5.92 Å². The summed E-state index contributed by atoms with van der Waals surface area (Å²) < 4.78 is 24.9. The van der Waals surface area contributed by atoms with Crippen LogP contribution in [0.15, 0.2) is 24.5 Å². The summed E-state index contributed by atoms with van der Waals surface area (Å²) in [6, 6.07) is 3.94. The van der Waals surface area contributed by atoms with Crippen molar-refractivity contribution in [1.82, 2.24) is 9.88 Å². The molecule has 1 aromatic heterocycles. The average molecular weight is 226 g/mol. The number of halogens is 2. The maximum atomic E-state index is 12.4. The van der Waals surface area contributed by atoms with E-state index in [-0.39, 0.29) is 0 Å².